The van der Waals surface area contributed by atoms with Gasteiger partial charge in [-0.05, 0) is 55.5 Å². The van der Waals surface area contributed by atoms with Gasteiger partial charge in [0.05, 0.1) is 0 Å². The van der Waals surface area contributed by atoms with Crippen LogP contribution in [0.3, 0.4) is 0 Å². The summed E-state index contributed by atoms with van der Waals surface area (Å²) in [6.45, 7) is 0.908. The predicted octanol–water partition coefficient (Wildman–Crippen LogP) is 4.66. The fraction of sp³-hybridized carbons (Fsp3) is 0.417. The van der Waals surface area contributed by atoms with Gasteiger partial charge in [-0.25, -0.2) is 0 Å². The van der Waals surface area contributed by atoms with Crippen LogP contribution in [0.15, 0.2) is 54.6 Å². The number of likely N-dealkylation sites (tertiary alicyclic amines) is 1. The number of benzene rings is 2. The van der Waals surface area contributed by atoms with E-state index in [-0.39, 0.29) is 11.8 Å². The van der Waals surface area contributed by atoms with Crippen LogP contribution in [-0.2, 0) is 11.2 Å². The lowest BCUT2D eigenvalue weighted by Crippen LogP contribution is -2.39. The highest BCUT2D eigenvalue weighted by Crippen LogP contribution is 2.30. The second kappa shape index (κ2) is 8.59. The van der Waals surface area contributed by atoms with Gasteiger partial charge in [0.25, 0.3) is 5.91 Å². The molecule has 2 aliphatic rings. The molecule has 2 aromatic rings. The monoisotopic (exact) mass is 376 g/mol. The molecular weight excluding hydrogens is 348 g/mol. The van der Waals surface area contributed by atoms with Crippen molar-refractivity contribution in [2.45, 2.75) is 51.0 Å². The van der Waals surface area contributed by atoms with Crippen molar-refractivity contribution in [3.63, 3.8) is 0 Å². The molecule has 4 rings (SSSR count). The van der Waals surface area contributed by atoms with Crippen LogP contribution in [0.25, 0.3) is 0 Å². The first-order chi connectivity index (χ1) is 13.7. The van der Waals surface area contributed by atoms with Gasteiger partial charge in [0.15, 0.2) is 0 Å². The molecule has 1 saturated heterocycles. The Labute approximate surface area is 166 Å². The molecule has 146 valence electrons. The third kappa shape index (κ3) is 4.27. The molecule has 1 N–H and O–H groups in total. The number of anilines is 1. The lowest BCUT2D eigenvalue weighted by molar-refractivity contribution is -0.133. The first-order valence-electron chi connectivity index (χ1n) is 10.5. The third-order valence-electron chi connectivity index (χ3n) is 6.10. The highest BCUT2D eigenvalue weighted by molar-refractivity contribution is 6.04. The van der Waals surface area contributed by atoms with Crippen molar-refractivity contribution in [3.8, 4) is 0 Å². The Bertz CT molecular complexity index is 810. The molecule has 28 heavy (non-hydrogen) atoms. The van der Waals surface area contributed by atoms with Crippen molar-refractivity contribution in [2.24, 2.45) is 5.92 Å². The molecule has 1 unspecified atom stereocenters. The Morgan fingerprint density at radius 2 is 1.64 bits per heavy atom. The number of hydrogen-bond donors (Lipinski definition) is 1. The molecule has 0 bridgehead atoms. The van der Waals surface area contributed by atoms with Gasteiger partial charge in [0.2, 0.25) is 5.91 Å². The highest BCUT2D eigenvalue weighted by Gasteiger charge is 2.36. The number of nitrogens with one attached hydrogen (secondary N) is 1. The smallest absolute Gasteiger partial charge is 0.255 e. The van der Waals surface area contributed by atoms with Gasteiger partial charge in [-0.2, -0.15) is 0 Å². The summed E-state index contributed by atoms with van der Waals surface area (Å²) in [4.78, 5) is 27.4. The summed E-state index contributed by atoms with van der Waals surface area (Å²) in [7, 11) is 0. The molecule has 2 amide bonds. The zero-order valence-corrected chi connectivity index (χ0v) is 16.3. The van der Waals surface area contributed by atoms with Crippen LogP contribution in [0.2, 0.25) is 0 Å². The van der Waals surface area contributed by atoms with Crippen LogP contribution in [0.1, 0.15) is 54.4 Å². The maximum absolute atomic E-state index is 12.8. The van der Waals surface area contributed by atoms with Crippen LogP contribution in [-0.4, -0.2) is 29.3 Å². The molecule has 0 radical (unpaired) electrons. The van der Waals surface area contributed by atoms with E-state index in [0.717, 1.165) is 30.6 Å². The predicted molar refractivity (Wildman–Crippen MR) is 111 cm³/mol. The van der Waals surface area contributed by atoms with E-state index in [1.807, 2.05) is 54.6 Å². The number of carbonyl (C=O) groups excluding carboxylic acids is 2. The summed E-state index contributed by atoms with van der Waals surface area (Å²) >= 11 is 0. The van der Waals surface area contributed by atoms with E-state index in [9.17, 15) is 9.59 Å². The Hall–Kier alpha value is -2.62. The molecule has 4 nitrogen and oxygen atoms in total. The summed E-state index contributed by atoms with van der Waals surface area (Å²) in [5, 5.41) is 2.90. The molecule has 0 spiro atoms. The van der Waals surface area contributed by atoms with Crippen LogP contribution in [0.5, 0.6) is 0 Å². The second-order valence-electron chi connectivity index (χ2n) is 8.03. The van der Waals surface area contributed by atoms with E-state index in [1.165, 1.54) is 32.1 Å². The van der Waals surface area contributed by atoms with E-state index < -0.39 is 0 Å². The average Bonchev–Trinajstić information content (AvgIpc) is 3.10. The standard InChI is InChI=1S/C24H28N2O2/c27-23(25-21-7-3-1-4-8-21)19-13-11-18(12-14-19)17-20-15-16-26(24(20)28)22-9-5-2-6-10-22/h1,3-4,7-8,11-14,20,22H,2,5-6,9-10,15-17H2,(H,25,27). The Kier molecular flexibility index (Phi) is 5.75. The number of nitrogens with zero attached hydrogens (tertiary/aromatic N) is 1. The first-order valence-corrected chi connectivity index (χ1v) is 10.5. The summed E-state index contributed by atoms with van der Waals surface area (Å²) < 4.78 is 0. The average molecular weight is 377 g/mol. The van der Waals surface area contributed by atoms with Crippen molar-refractivity contribution < 1.29 is 9.59 Å². The molecule has 1 heterocycles. The molecule has 1 saturated carbocycles. The Morgan fingerprint density at radius 1 is 0.929 bits per heavy atom. The fourth-order valence-corrected chi connectivity index (χ4v) is 4.51. The maximum Gasteiger partial charge on any atom is 0.255 e. The molecule has 4 heteroatoms. The summed E-state index contributed by atoms with van der Waals surface area (Å²) in [6.07, 6.45) is 7.88. The minimum Gasteiger partial charge on any atom is -0.339 e. The van der Waals surface area contributed by atoms with E-state index in [2.05, 4.69) is 10.2 Å². The van der Waals surface area contributed by atoms with E-state index in [4.69, 9.17) is 0 Å². The van der Waals surface area contributed by atoms with Crippen molar-refractivity contribution in [2.75, 3.05) is 11.9 Å². The molecule has 2 aromatic carbocycles. The molecule has 0 aromatic heterocycles. The summed E-state index contributed by atoms with van der Waals surface area (Å²) in [6, 6.07) is 17.6. The van der Waals surface area contributed by atoms with E-state index in [0.29, 0.717) is 17.5 Å². The zero-order valence-electron chi connectivity index (χ0n) is 16.3. The maximum atomic E-state index is 12.8. The third-order valence-corrected chi connectivity index (χ3v) is 6.10. The van der Waals surface area contributed by atoms with Crippen molar-refractivity contribution in [1.29, 1.82) is 0 Å². The Balaban J connectivity index is 1.34. The van der Waals surface area contributed by atoms with Crippen LogP contribution < -0.4 is 5.32 Å². The van der Waals surface area contributed by atoms with E-state index in [1.54, 1.807) is 0 Å². The van der Waals surface area contributed by atoms with Crippen molar-refractivity contribution in [3.05, 3.63) is 65.7 Å². The zero-order chi connectivity index (χ0) is 19.3. The van der Waals surface area contributed by atoms with Crippen molar-refractivity contribution in [1.82, 2.24) is 4.90 Å². The summed E-state index contributed by atoms with van der Waals surface area (Å²) in [5.41, 5.74) is 2.55. The summed E-state index contributed by atoms with van der Waals surface area (Å²) in [5.74, 6) is 0.307. The van der Waals surface area contributed by atoms with Gasteiger partial charge in [0.1, 0.15) is 0 Å². The fourth-order valence-electron chi connectivity index (χ4n) is 4.51. The molecular formula is C24H28N2O2. The SMILES string of the molecule is O=C(Nc1ccccc1)c1ccc(CC2CCN(C3CCCCC3)C2=O)cc1. The molecule has 1 atom stereocenters. The minimum atomic E-state index is -0.113. The van der Waals surface area contributed by atoms with Gasteiger partial charge in [-0.3, -0.25) is 9.59 Å². The van der Waals surface area contributed by atoms with Gasteiger partial charge < -0.3 is 10.2 Å². The minimum absolute atomic E-state index is 0.0888. The number of carbonyl (C=O) groups is 2. The van der Waals surface area contributed by atoms with Crippen molar-refractivity contribution >= 4 is 17.5 Å². The first kappa shape index (κ1) is 18.7. The largest absolute Gasteiger partial charge is 0.339 e. The van der Waals surface area contributed by atoms with Gasteiger partial charge in [-0.1, -0.05) is 49.6 Å². The van der Waals surface area contributed by atoms with Gasteiger partial charge in [-0.15, -0.1) is 0 Å². The Morgan fingerprint density at radius 3 is 2.36 bits per heavy atom. The molecule has 2 fully saturated rings. The lowest BCUT2D eigenvalue weighted by atomic mass is 9.94. The van der Waals surface area contributed by atoms with Gasteiger partial charge >= 0.3 is 0 Å². The number of amides is 2. The second-order valence-corrected chi connectivity index (χ2v) is 8.03. The molecule has 1 aliphatic carbocycles. The topological polar surface area (TPSA) is 49.4 Å². The van der Waals surface area contributed by atoms with Crippen LogP contribution >= 0.6 is 0 Å². The van der Waals surface area contributed by atoms with Crippen LogP contribution in [0, 0.1) is 5.92 Å². The van der Waals surface area contributed by atoms with E-state index >= 15 is 0 Å². The highest BCUT2D eigenvalue weighted by atomic mass is 16.2. The number of rotatable bonds is 5. The lowest BCUT2D eigenvalue weighted by Gasteiger charge is -2.31. The molecule has 1 aliphatic heterocycles. The van der Waals surface area contributed by atoms with Gasteiger partial charge in [0, 0.05) is 29.8 Å². The quantitative estimate of drug-likeness (QED) is 0.825. The normalized spacial score (nSPS) is 20.4. The number of hydrogen-bond acceptors (Lipinski definition) is 2. The van der Waals surface area contributed by atoms with Crippen LogP contribution in [0.4, 0.5) is 5.69 Å². The number of para-hydroxylation sites is 1.